The van der Waals surface area contributed by atoms with E-state index in [1.807, 2.05) is 20.0 Å². The standard InChI is InChI=1S/C17H24Cl2N2O/c1-12(13-8-9-15(18)16(19)10-13)20-17(22)11-21(2)14-6-4-3-5-7-14/h8-10,12,14H,3-7,11H2,1-2H3,(H,20,22). The van der Waals surface area contributed by atoms with E-state index >= 15 is 0 Å². The highest BCUT2D eigenvalue weighted by Crippen LogP contribution is 2.25. The van der Waals surface area contributed by atoms with Gasteiger partial charge < -0.3 is 5.32 Å². The van der Waals surface area contributed by atoms with Gasteiger partial charge in [-0.2, -0.15) is 0 Å². The molecule has 1 aromatic carbocycles. The van der Waals surface area contributed by atoms with E-state index in [4.69, 9.17) is 23.2 Å². The zero-order valence-corrected chi connectivity index (χ0v) is 14.8. The molecule has 0 saturated heterocycles. The molecule has 0 aromatic heterocycles. The molecule has 3 nitrogen and oxygen atoms in total. The van der Waals surface area contributed by atoms with Crippen molar-refractivity contribution < 1.29 is 4.79 Å². The molecule has 0 radical (unpaired) electrons. The average Bonchev–Trinajstić information content (AvgIpc) is 2.50. The molecular formula is C17H24Cl2N2O. The largest absolute Gasteiger partial charge is 0.348 e. The third-order valence-corrected chi connectivity index (χ3v) is 5.15. The smallest absolute Gasteiger partial charge is 0.234 e. The second-order valence-corrected chi connectivity index (χ2v) is 6.98. The van der Waals surface area contributed by atoms with Crippen molar-refractivity contribution in [1.29, 1.82) is 0 Å². The fourth-order valence-corrected chi connectivity index (χ4v) is 3.34. The van der Waals surface area contributed by atoms with Crippen LogP contribution in [0.2, 0.25) is 10.0 Å². The normalized spacial score (nSPS) is 17.5. The van der Waals surface area contributed by atoms with Crippen LogP contribution in [0, 0.1) is 0 Å². The SMILES string of the molecule is CC(NC(=O)CN(C)C1CCCCC1)c1ccc(Cl)c(Cl)c1. The Morgan fingerprint density at radius 1 is 1.27 bits per heavy atom. The maximum absolute atomic E-state index is 12.2. The zero-order chi connectivity index (χ0) is 16.1. The third kappa shape index (κ3) is 4.87. The van der Waals surface area contributed by atoms with Crippen LogP contribution < -0.4 is 5.32 Å². The van der Waals surface area contributed by atoms with Gasteiger partial charge in [0.2, 0.25) is 5.91 Å². The Bertz CT molecular complexity index is 515. The maximum atomic E-state index is 12.2. The van der Waals surface area contributed by atoms with Gasteiger partial charge in [-0.15, -0.1) is 0 Å². The van der Waals surface area contributed by atoms with Gasteiger partial charge in [-0.25, -0.2) is 0 Å². The van der Waals surface area contributed by atoms with Crippen molar-refractivity contribution in [2.24, 2.45) is 0 Å². The van der Waals surface area contributed by atoms with Crippen LogP contribution in [0.3, 0.4) is 0 Å². The summed E-state index contributed by atoms with van der Waals surface area (Å²) in [6.45, 7) is 2.40. The van der Waals surface area contributed by atoms with E-state index in [1.54, 1.807) is 12.1 Å². The molecule has 1 saturated carbocycles. The number of amides is 1. The Morgan fingerprint density at radius 3 is 2.59 bits per heavy atom. The van der Waals surface area contributed by atoms with Crippen molar-refractivity contribution in [3.8, 4) is 0 Å². The first-order valence-electron chi connectivity index (χ1n) is 7.92. The van der Waals surface area contributed by atoms with Crippen LogP contribution in [0.1, 0.15) is 50.6 Å². The van der Waals surface area contributed by atoms with Crippen molar-refractivity contribution in [2.75, 3.05) is 13.6 Å². The summed E-state index contributed by atoms with van der Waals surface area (Å²) in [7, 11) is 2.04. The predicted molar refractivity (Wildman–Crippen MR) is 92.5 cm³/mol. The molecule has 2 rings (SSSR count). The topological polar surface area (TPSA) is 32.3 Å². The van der Waals surface area contributed by atoms with E-state index in [1.165, 1.54) is 32.1 Å². The number of likely N-dealkylation sites (N-methyl/N-ethyl adjacent to an activating group) is 1. The minimum Gasteiger partial charge on any atom is -0.348 e. The first-order valence-corrected chi connectivity index (χ1v) is 8.67. The summed E-state index contributed by atoms with van der Waals surface area (Å²) in [5.41, 5.74) is 0.961. The first-order chi connectivity index (χ1) is 10.5. The monoisotopic (exact) mass is 342 g/mol. The van der Waals surface area contributed by atoms with Gasteiger partial charge in [0.25, 0.3) is 0 Å². The molecule has 5 heteroatoms. The van der Waals surface area contributed by atoms with Crippen molar-refractivity contribution in [3.63, 3.8) is 0 Å². The number of halogens is 2. The molecule has 1 aromatic rings. The number of nitrogens with one attached hydrogen (secondary N) is 1. The molecule has 1 fully saturated rings. The molecule has 1 amide bonds. The van der Waals surface area contributed by atoms with Crippen LogP contribution in [0.4, 0.5) is 0 Å². The van der Waals surface area contributed by atoms with Crippen LogP contribution in [0.25, 0.3) is 0 Å². The highest BCUT2D eigenvalue weighted by molar-refractivity contribution is 6.42. The molecule has 0 spiro atoms. The quantitative estimate of drug-likeness (QED) is 0.857. The van der Waals surface area contributed by atoms with Gasteiger partial charge in [-0.1, -0.05) is 48.5 Å². The number of nitrogens with zero attached hydrogens (tertiary/aromatic N) is 1. The molecule has 0 aliphatic heterocycles. The van der Waals surface area contributed by atoms with Gasteiger partial charge >= 0.3 is 0 Å². The van der Waals surface area contributed by atoms with E-state index in [0.717, 1.165) is 5.56 Å². The van der Waals surface area contributed by atoms with Gasteiger partial charge in [-0.05, 0) is 44.5 Å². The van der Waals surface area contributed by atoms with Crippen molar-refractivity contribution >= 4 is 29.1 Å². The van der Waals surface area contributed by atoms with Gasteiger partial charge in [0, 0.05) is 6.04 Å². The fourth-order valence-electron chi connectivity index (χ4n) is 3.03. The van der Waals surface area contributed by atoms with E-state index in [2.05, 4.69) is 10.2 Å². The summed E-state index contributed by atoms with van der Waals surface area (Å²) in [5.74, 6) is 0.0478. The van der Waals surface area contributed by atoms with Gasteiger partial charge in [0.1, 0.15) is 0 Å². The summed E-state index contributed by atoms with van der Waals surface area (Å²) in [5, 5.41) is 4.07. The lowest BCUT2D eigenvalue weighted by Gasteiger charge is -2.31. The van der Waals surface area contributed by atoms with Crippen LogP contribution in [-0.4, -0.2) is 30.4 Å². The van der Waals surface area contributed by atoms with Crippen LogP contribution in [0.5, 0.6) is 0 Å². The molecule has 1 N–H and O–H groups in total. The number of carbonyl (C=O) groups is 1. The Hall–Kier alpha value is -0.770. The highest BCUT2D eigenvalue weighted by Gasteiger charge is 2.20. The van der Waals surface area contributed by atoms with E-state index < -0.39 is 0 Å². The molecule has 1 atom stereocenters. The minimum absolute atomic E-state index is 0.0478. The predicted octanol–water partition coefficient (Wildman–Crippen LogP) is 4.44. The second-order valence-electron chi connectivity index (χ2n) is 6.17. The van der Waals surface area contributed by atoms with E-state index in [-0.39, 0.29) is 11.9 Å². The fraction of sp³-hybridized carbons (Fsp3) is 0.588. The minimum atomic E-state index is -0.0815. The van der Waals surface area contributed by atoms with Crippen molar-refractivity contribution in [2.45, 2.75) is 51.1 Å². The Labute approximate surface area is 143 Å². The summed E-state index contributed by atoms with van der Waals surface area (Å²) >= 11 is 11.9. The molecule has 22 heavy (non-hydrogen) atoms. The summed E-state index contributed by atoms with van der Waals surface area (Å²) < 4.78 is 0. The molecule has 122 valence electrons. The molecular weight excluding hydrogens is 319 g/mol. The summed E-state index contributed by atoms with van der Waals surface area (Å²) in [6, 6.07) is 5.92. The summed E-state index contributed by atoms with van der Waals surface area (Å²) in [4.78, 5) is 14.4. The lowest BCUT2D eigenvalue weighted by atomic mass is 9.94. The third-order valence-electron chi connectivity index (χ3n) is 4.41. The van der Waals surface area contributed by atoms with Gasteiger partial charge in [0.15, 0.2) is 0 Å². The maximum Gasteiger partial charge on any atom is 0.234 e. The number of hydrogen-bond donors (Lipinski definition) is 1. The molecule has 0 bridgehead atoms. The van der Waals surface area contributed by atoms with Crippen molar-refractivity contribution in [3.05, 3.63) is 33.8 Å². The molecule has 0 heterocycles. The van der Waals surface area contributed by atoms with Gasteiger partial charge in [-0.3, -0.25) is 9.69 Å². The van der Waals surface area contributed by atoms with Crippen LogP contribution in [-0.2, 0) is 4.79 Å². The number of rotatable bonds is 5. The number of benzene rings is 1. The lowest BCUT2D eigenvalue weighted by molar-refractivity contribution is -0.123. The number of carbonyl (C=O) groups excluding carboxylic acids is 1. The molecule has 1 unspecified atom stereocenters. The van der Waals surface area contributed by atoms with Crippen LogP contribution in [0.15, 0.2) is 18.2 Å². The zero-order valence-electron chi connectivity index (χ0n) is 13.2. The molecule has 1 aliphatic carbocycles. The Balaban J connectivity index is 1.86. The van der Waals surface area contributed by atoms with Gasteiger partial charge in [0.05, 0.1) is 22.6 Å². The van der Waals surface area contributed by atoms with Crippen LogP contribution >= 0.6 is 23.2 Å². The Kier molecular flexibility index (Phi) is 6.54. The summed E-state index contributed by atoms with van der Waals surface area (Å²) in [6.07, 6.45) is 6.27. The van der Waals surface area contributed by atoms with Crippen molar-refractivity contribution in [1.82, 2.24) is 10.2 Å². The number of hydrogen-bond acceptors (Lipinski definition) is 2. The highest BCUT2D eigenvalue weighted by atomic mass is 35.5. The average molecular weight is 343 g/mol. The Morgan fingerprint density at radius 2 is 1.95 bits per heavy atom. The second kappa shape index (κ2) is 8.19. The van der Waals surface area contributed by atoms with E-state index in [0.29, 0.717) is 22.6 Å². The first kappa shape index (κ1) is 17.6. The molecule has 1 aliphatic rings. The van der Waals surface area contributed by atoms with E-state index in [9.17, 15) is 4.79 Å². The lowest BCUT2D eigenvalue weighted by Crippen LogP contribution is -2.42.